The van der Waals surface area contributed by atoms with Crippen molar-refractivity contribution in [2.45, 2.75) is 33.4 Å². The molecule has 0 spiro atoms. The van der Waals surface area contributed by atoms with E-state index in [1.54, 1.807) is 0 Å². The predicted octanol–water partition coefficient (Wildman–Crippen LogP) is 1.95. The third-order valence-corrected chi connectivity index (χ3v) is 4.63. The van der Waals surface area contributed by atoms with Gasteiger partial charge in [-0.15, -0.1) is 0 Å². The van der Waals surface area contributed by atoms with Gasteiger partial charge in [-0.1, -0.05) is 18.7 Å². The second kappa shape index (κ2) is 5.12. The van der Waals surface area contributed by atoms with Gasteiger partial charge in [0.25, 0.3) is 0 Å². The van der Waals surface area contributed by atoms with E-state index in [-0.39, 0.29) is 0 Å². The summed E-state index contributed by atoms with van der Waals surface area (Å²) in [6.07, 6.45) is 1.90. The van der Waals surface area contributed by atoms with Gasteiger partial charge in [-0.25, -0.2) is 0 Å². The van der Waals surface area contributed by atoms with E-state index in [0.717, 1.165) is 17.5 Å². The van der Waals surface area contributed by atoms with Gasteiger partial charge in [0.1, 0.15) is 0 Å². The SMILES string of the molecule is Cc1c(CN=C2NC(C)C(C)CS2)cnn1C. The Morgan fingerprint density at radius 1 is 1.59 bits per heavy atom. The van der Waals surface area contributed by atoms with E-state index in [0.29, 0.717) is 12.0 Å². The number of aryl methyl sites for hydroxylation is 1. The number of rotatable bonds is 2. The summed E-state index contributed by atoms with van der Waals surface area (Å²) in [7, 11) is 1.96. The van der Waals surface area contributed by atoms with Crippen LogP contribution in [0.25, 0.3) is 0 Å². The van der Waals surface area contributed by atoms with Crippen LogP contribution < -0.4 is 5.32 Å². The molecule has 0 aliphatic carbocycles. The van der Waals surface area contributed by atoms with Crippen molar-refractivity contribution in [3.8, 4) is 0 Å². The van der Waals surface area contributed by atoms with Gasteiger partial charge in [0.05, 0.1) is 12.7 Å². The Hall–Kier alpha value is -0.970. The van der Waals surface area contributed by atoms with Gasteiger partial charge in [0, 0.05) is 30.1 Å². The van der Waals surface area contributed by atoms with Crippen molar-refractivity contribution < 1.29 is 0 Å². The van der Waals surface area contributed by atoms with Gasteiger partial charge < -0.3 is 5.32 Å². The lowest BCUT2D eigenvalue weighted by Crippen LogP contribution is -2.41. The van der Waals surface area contributed by atoms with Gasteiger partial charge in [-0.05, 0) is 19.8 Å². The second-order valence-corrected chi connectivity index (χ2v) is 5.73. The largest absolute Gasteiger partial charge is 0.362 e. The highest BCUT2D eigenvalue weighted by atomic mass is 32.2. The average Bonchev–Trinajstić information content (AvgIpc) is 2.62. The monoisotopic (exact) mass is 252 g/mol. The summed E-state index contributed by atoms with van der Waals surface area (Å²) >= 11 is 1.82. The highest BCUT2D eigenvalue weighted by Crippen LogP contribution is 2.20. The fraction of sp³-hybridized carbons (Fsp3) is 0.667. The third-order valence-electron chi connectivity index (χ3n) is 3.42. The summed E-state index contributed by atoms with van der Waals surface area (Å²) in [6, 6.07) is 0.519. The topological polar surface area (TPSA) is 42.2 Å². The Bertz CT molecular complexity index is 424. The van der Waals surface area contributed by atoms with E-state index in [9.17, 15) is 0 Å². The van der Waals surface area contributed by atoms with Crippen LogP contribution >= 0.6 is 11.8 Å². The van der Waals surface area contributed by atoms with Crippen LogP contribution in [0.15, 0.2) is 11.2 Å². The minimum atomic E-state index is 0.519. The number of aromatic nitrogens is 2. The van der Waals surface area contributed by atoms with Crippen molar-refractivity contribution in [1.29, 1.82) is 0 Å². The minimum absolute atomic E-state index is 0.519. The predicted molar refractivity (Wildman–Crippen MR) is 73.3 cm³/mol. The summed E-state index contributed by atoms with van der Waals surface area (Å²) in [5, 5.41) is 8.74. The maximum absolute atomic E-state index is 4.63. The zero-order valence-electron chi connectivity index (χ0n) is 10.9. The molecule has 0 aromatic carbocycles. The van der Waals surface area contributed by atoms with Crippen LogP contribution in [0.2, 0.25) is 0 Å². The molecule has 1 fully saturated rings. The molecule has 0 saturated carbocycles. The molecule has 94 valence electrons. The Labute approximate surface area is 107 Å². The Kier molecular flexibility index (Phi) is 3.76. The first kappa shape index (κ1) is 12.5. The smallest absolute Gasteiger partial charge is 0.157 e. The molecule has 1 saturated heterocycles. The van der Waals surface area contributed by atoms with Crippen LogP contribution in [-0.4, -0.2) is 26.7 Å². The summed E-state index contributed by atoms with van der Waals surface area (Å²) in [5.41, 5.74) is 2.39. The first-order valence-electron chi connectivity index (χ1n) is 5.99. The molecule has 0 radical (unpaired) electrons. The molecular weight excluding hydrogens is 232 g/mol. The molecule has 2 unspecified atom stereocenters. The highest BCUT2D eigenvalue weighted by molar-refractivity contribution is 8.13. The van der Waals surface area contributed by atoms with E-state index in [1.807, 2.05) is 29.7 Å². The molecule has 2 rings (SSSR count). The van der Waals surface area contributed by atoms with E-state index < -0.39 is 0 Å². The van der Waals surface area contributed by atoms with E-state index in [1.165, 1.54) is 11.3 Å². The molecule has 1 aliphatic rings. The summed E-state index contributed by atoms with van der Waals surface area (Å²) in [5.74, 6) is 1.86. The second-order valence-electron chi connectivity index (χ2n) is 4.72. The summed E-state index contributed by atoms with van der Waals surface area (Å²) in [4.78, 5) is 4.63. The molecule has 2 atom stereocenters. The molecule has 1 aliphatic heterocycles. The molecule has 17 heavy (non-hydrogen) atoms. The van der Waals surface area contributed by atoms with Crippen LogP contribution in [0.5, 0.6) is 0 Å². The van der Waals surface area contributed by atoms with Gasteiger partial charge in [0.15, 0.2) is 5.17 Å². The fourth-order valence-electron chi connectivity index (χ4n) is 1.68. The van der Waals surface area contributed by atoms with Crippen LogP contribution in [-0.2, 0) is 13.6 Å². The number of nitrogens with one attached hydrogen (secondary N) is 1. The standard InChI is InChI=1S/C12H20N4S/c1-8-7-17-12(15-9(8)2)13-5-11-6-14-16(4)10(11)3/h6,8-9H,5,7H2,1-4H3,(H,13,15). The Morgan fingerprint density at radius 3 is 2.94 bits per heavy atom. The average molecular weight is 252 g/mol. The molecular formula is C12H20N4S. The van der Waals surface area contributed by atoms with Crippen LogP contribution in [0.4, 0.5) is 0 Å². The number of hydrogen-bond acceptors (Lipinski definition) is 3. The maximum Gasteiger partial charge on any atom is 0.157 e. The molecule has 1 aromatic rings. The number of aliphatic imine (C=N–C) groups is 1. The Morgan fingerprint density at radius 2 is 2.35 bits per heavy atom. The van der Waals surface area contributed by atoms with Crippen molar-refractivity contribution in [2.75, 3.05) is 5.75 Å². The number of thioether (sulfide) groups is 1. The molecule has 0 amide bonds. The molecule has 1 N–H and O–H groups in total. The van der Waals surface area contributed by atoms with Crippen molar-refractivity contribution in [2.24, 2.45) is 18.0 Å². The van der Waals surface area contributed by atoms with E-state index in [4.69, 9.17) is 0 Å². The van der Waals surface area contributed by atoms with Gasteiger partial charge in [0.2, 0.25) is 0 Å². The quantitative estimate of drug-likeness (QED) is 0.874. The van der Waals surface area contributed by atoms with E-state index >= 15 is 0 Å². The molecule has 4 nitrogen and oxygen atoms in total. The van der Waals surface area contributed by atoms with Crippen LogP contribution in [0.3, 0.4) is 0 Å². The van der Waals surface area contributed by atoms with Crippen LogP contribution in [0.1, 0.15) is 25.1 Å². The lowest BCUT2D eigenvalue weighted by molar-refractivity contribution is 0.490. The fourth-order valence-corrected chi connectivity index (χ4v) is 2.82. The zero-order valence-corrected chi connectivity index (χ0v) is 11.7. The van der Waals surface area contributed by atoms with Crippen molar-refractivity contribution in [1.82, 2.24) is 15.1 Å². The molecule has 5 heteroatoms. The normalized spacial score (nSPS) is 27.2. The third kappa shape index (κ3) is 2.83. The number of nitrogens with zero attached hydrogens (tertiary/aromatic N) is 3. The molecule has 0 bridgehead atoms. The van der Waals surface area contributed by atoms with E-state index in [2.05, 4.69) is 36.2 Å². The Balaban J connectivity index is 1.99. The van der Waals surface area contributed by atoms with Crippen molar-refractivity contribution >= 4 is 16.9 Å². The summed E-state index contributed by atoms with van der Waals surface area (Å²) < 4.78 is 1.89. The first-order valence-corrected chi connectivity index (χ1v) is 6.97. The minimum Gasteiger partial charge on any atom is -0.362 e. The molecule has 2 heterocycles. The zero-order chi connectivity index (χ0) is 12.4. The van der Waals surface area contributed by atoms with Crippen molar-refractivity contribution in [3.05, 3.63) is 17.5 Å². The highest BCUT2D eigenvalue weighted by Gasteiger charge is 2.20. The lowest BCUT2D eigenvalue weighted by atomic mass is 10.1. The lowest BCUT2D eigenvalue weighted by Gasteiger charge is -2.28. The molecule has 1 aromatic heterocycles. The van der Waals surface area contributed by atoms with Gasteiger partial charge >= 0.3 is 0 Å². The number of hydrogen-bond donors (Lipinski definition) is 1. The number of amidine groups is 1. The first-order chi connectivity index (χ1) is 8.08. The van der Waals surface area contributed by atoms with Gasteiger partial charge in [-0.3, -0.25) is 9.67 Å². The van der Waals surface area contributed by atoms with Gasteiger partial charge in [-0.2, -0.15) is 5.10 Å². The maximum atomic E-state index is 4.63. The van der Waals surface area contributed by atoms with Crippen LogP contribution in [0, 0.1) is 12.8 Å². The van der Waals surface area contributed by atoms with Crippen molar-refractivity contribution in [3.63, 3.8) is 0 Å². The summed E-state index contributed by atoms with van der Waals surface area (Å²) in [6.45, 7) is 7.28.